The van der Waals surface area contributed by atoms with E-state index in [1.165, 1.54) is 24.3 Å². The van der Waals surface area contributed by atoms with Crippen LogP contribution in [0, 0.1) is 11.8 Å². The Bertz CT molecular complexity index is 1300. The van der Waals surface area contributed by atoms with Crippen LogP contribution >= 0.6 is 0 Å². The molecule has 1 aliphatic carbocycles. The fourth-order valence-corrected chi connectivity index (χ4v) is 4.92. The summed E-state index contributed by atoms with van der Waals surface area (Å²) < 4.78 is 78.9. The van der Waals surface area contributed by atoms with Crippen LogP contribution < -0.4 is 16.2 Å². The third-order valence-corrected chi connectivity index (χ3v) is 7.44. The molecule has 0 spiro atoms. The molecule has 0 bridgehead atoms. The monoisotopic (exact) mass is 640 g/mol. The van der Waals surface area contributed by atoms with E-state index in [2.05, 4.69) is 0 Å². The molecular weight excluding hydrogens is 603 g/mol. The lowest BCUT2D eigenvalue weighted by atomic mass is 9.79. The molecule has 3 rings (SSSR count). The zero-order valence-electron chi connectivity index (χ0n) is 24.6. The predicted octanol–water partition coefficient (Wildman–Crippen LogP) is 7.12. The maximum Gasteiger partial charge on any atom is 0.453 e. The van der Waals surface area contributed by atoms with E-state index in [9.17, 15) is 36.3 Å². The van der Waals surface area contributed by atoms with Gasteiger partial charge in [-0.15, -0.1) is 0 Å². The number of carbonyl (C=O) groups is 3. The first kappa shape index (κ1) is 35.3. The molecule has 1 fully saturated rings. The number of benzene rings is 2. The van der Waals surface area contributed by atoms with E-state index in [1.807, 2.05) is 0 Å². The first-order valence-corrected chi connectivity index (χ1v) is 14.7. The molecule has 0 heterocycles. The third-order valence-electron chi connectivity index (χ3n) is 7.44. The molecule has 0 saturated heterocycles. The molecule has 1 saturated carbocycles. The normalized spacial score (nSPS) is 17.2. The van der Waals surface area contributed by atoms with Crippen LogP contribution in [-0.4, -0.2) is 43.2 Å². The molecule has 0 unspecified atom stereocenters. The standard InChI is InChI=1S/C32H37F5N2O6/c33-31(34,32(35,36)37)15-3-4-21-5-10-23(11-6-21)30(42)45-27-12-7-22(8-13-27)9-14-28(40)43-16-1-2-17-44-29(41)24-18-25(38)20-26(39)19-24/h7-9,12-14,18-21,23H,1-6,10-11,15-17,38-39H2/b14-9+. The molecule has 0 radical (unpaired) electrons. The van der Waals surface area contributed by atoms with Crippen molar-refractivity contribution < 1.29 is 50.5 Å². The van der Waals surface area contributed by atoms with Crippen molar-refractivity contribution in [2.24, 2.45) is 11.8 Å². The highest BCUT2D eigenvalue weighted by molar-refractivity contribution is 5.91. The van der Waals surface area contributed by atoms with Crippen LogP contribution in [0.4, 0.5) is 33.3 Å². The Kier molecular flexibility index (Phi) is 12.7. The second kappa shape index (κ2) is 16.2. The largest absolute Gasteiger partial charge is 0.463 e. The van der Waals surface area contributed by atoms with Gasteiger partial charge in [0, 0.05) is 23.9 Å². The lowest BCUT2D eigenvalue weighted by Crippen LogP contribution is -2.36. The number of halogens is 5. The fraction of sp³-hybridized carbons (Fsp3) is 0.469. The Morgan fingerprint density at radius 3 is 2.02 bits per heavy atom. The van der Waals surface area contributed by atoms with Crippen molar-refractivity contribution >= 4 is 35.4 Å². The van der Waals surface area contributed by atoms with Gasteiger partial charge in [-0.25, -0.2) is 9.59 Å². The number of ether oxygens (including phenoxy) is 3. The summed E-state index contributed by atoms with van der Waals surface area (Å²) >= 11 is 0. The number of unbranched alkanes of at least 4 members (excludes halogenated alkanes) is 1. The van der Waals surface area contributed by atoms with Crippen LogP contribution in [0.25, 0.3) is 6.08 Å². The average molecular weight is 641 g/mol. The molecule has 246 valence electrons. The van der Waals surface area contributed by atoms with Gasteiger partial charge in [0.25, 0.3) is 0 Å². The molecule has 2 aromatic carbocycles. The van der Waals surface area contributed by atoms with Gasteiger partial charge in [0.1, 0.15) is 5.75 Å². The van der Waals surface area contributed by atoms with E-state index in [0.717, 1.165) is 0 Å². The van der Waals surface area contributed by atoms with Crippen LogP contribution in [-0.2, 0) is 19.1 Å². The number of rotatable bonds is 14. The molecule has 0 aromatic heterocycles. The van der Waals surface area contributed by atoms with Crippen molar-refractivity contribution in [3.05, 3.63) is 59.7 Å². The molecule has 0 atom stereocenters. The average Bonchev–Trinajstić information content (AvgIpc) is 2.97. The van der Waals surface area contributed by atoms with Crippen molar-refractivity contribution in [3.63, 3.8) is 0 Å². The highest BCUT2D eigenvalue weighted by Crippen LogP contribution is 2.40. The summed E-state index contributed by atoms with van der Waals surface area (Å²) in [6, 6.07) is 10.9. The van der Waals surface area contributed by atoms with Gasteiger partial charge >= 0.3 is 30.0 Å². The number of nitrogens with two attached hydrogens (primary N) is 2. The summed E-state index contributed by atoms with van der Waals surface area (Å²) in [6.45, 7) is 0.272. The minimum absolute atomic E-state index is 0.00169. The van der Waals surface area contributed by atoms with E-state index in [-0.39, 0.29) is 43.5 Å². The topological polar surface area (TPSA) is 131 Å². The van der Waals surface area contributed by atoms with Crippen LogP contribution in [0.2, 0.25) is 0 Å². The Balaban J connectivity index is 1.29. The number of alkyl halides is 5. The highest BCUT2D eigenvalue weighted by Gasteiger charge is 2.56. The first-order valence-electron chi connectivity index (χ1n) is 14.7. The van der Waals surface area contributed by atoms with Crippen LogP contribution in [0.15, 0.2) is 48.5 Å². The first-order chi connectivity index (χ1) is 21.2. The number of esters is 3. The zero-order valence-corrected chi connectivity index (χ0v) is 24.6. The number of carbonyl (C=O) groups excluding carboxylic acids is 3. The van der Waals surface area contributed by atoms with Crippen LogP contribution in [0.5, 0.6) is 5.75 Å². The zero-order chi connectivity index (χ0) is 33.0. The molecule has 1 aliphatic rings. The SMILES string of the molecule is Nc1cc(N)cc(C(=O)OCCCCOC(=O)/C=C/c2ccc(OC(=O)C3CCC(CCCC(F)(F)C(F)(F)F)CC3)cc2)c1. The summed E-state index contributed by atoms with van der Waals surface area (Å²) in [7, 11) is 0. The molecular formula is C32H37F5N2O6. The smallest absolute Gasteiger partial charge is 0.453 e. The van der Waals surface area contributed by atoms with Gasteiger partial charge in [0.05, 0.1) is 24.7 Å². The predicted molar refractivity (Wildman–Crippen MR) is 157 cm³/mol. The van der Waals surface area contributed by atoms with E-state index >= 15 is 0 Å². The number of hydrogen-bond donors (Lipinski definition) is 2. The van der Waals surface area contributed by atoms with Gasteiger partial charge in [-0.3, -0.25) is 4.79 Å². The molecule has 0 aliphatic heterocycles. The van der Waals surface area contributed by atoms with Gasteiger partial charge in [0.15, 0.2) is 0 Å². The fourth-order valence-electron chi connectivity index (χ4n) is 4.92. The second-order valence-corrected chi connectivity index (χ2v) is 11.0. The number of hydrogen-bond acceptors (Lipinski definition) is 8. The Labute approximate surface area is 257 Å². The quantitative estimate of drug-likeness (QED) is 0.0557. The summed E-state index contributed by atoms with van der Waals surface area (Å²) in [6.07, 6.45) is -0.895. The van der Waals surface area contributed by atoms with Crippen LogP contribution in [0.3, 0.4) is 0 Å². The molecule has 13 heteroatoms. The summed E-state index contributed by atoms with van der Waals surface area (Å²) in [5, 5.41) is 0. The van der Waals surface area contributed by atoms with Gasteiger partial charge in [0.2, 0.25) is 0 Å². The Hall–Kier alpha value is -4.16. The molecule has 4 N–H and O–H groups in total. The van der Waals surface area contributed by atoms with Crippen molar-refractivity contribution in [2.45, 2.75) is 69.9 Å². The molecule has 8 nitrogen and oxygen atoms in total. The van der Waals surface area contributed by atoms with Crippen molar-refractivity contribution in [3.8, 4) is 5.75 Å². The van der Waals surface area contributed by atoms with Gasteiger partial charge in [-0.2, -0.15) is 22.0 Å². The molecule has 45 heavy (non-hydrogen) atoms. The van der Waals surface area contributed by atoms with Crippen LogP contribution in [0.1, 0.15) is 73.7 Å². The van der Waals surface area contributed by atoms with Gasteiger partial charge in [-0.1, -0.05) is 18.6 Å². The number of anilines is 2. The summed E-state index contributed by atoms with van der Waals surface area (Å²) in [5.41, 5.74) is 13.0. The van der Waals surface area contributed by atoms with Crippen molar-refractivity contribution in [1.29, 1.82) is 0 Å². The number of nitrogen functional groups attached to an aromatic ring is 2. The molecule has 2 aromatic rings. The minimum Gasteiger partial charge on any atom is -0.463 e. The lowest BCUT2D eigenvalue weighted by molar-refractivity contribution is -0.284. The maximum absolute atomic E-state index is 13.1. The van der Waals surface area contributed by atoms with Gasteiger partial charge < -0.3 is 25.7 Å². The minimum atomic E-state index is -5.53. The molecule has 0 amide bonds. The van der Waals surface area contributed by atoms with Gasteiger partial charge in [-0.05, 0) is 92.8 Å². The summed E-state index contributed by atoms with van der Waals surface area (Å²) in [5.74, 6) is -6.26. The van der Waals surface area contributed by atoms with Crippen molar-refractivity contribution in [1.82, 2.24) is 0 Å². The highest BCUT2D eigenvalue weighted by atomic mass is 19.4. The van der Waals surface area contributed by atoms with E-state index < -0.39 is 36.4 Å². The lowest BCUT2D eigenvalue weighted by Gasteiger charge is -2.28. The van der Waals surface area contributed by atoms with E-state index in [0.29, 0.717) is 61.2 Å². The van der Waals surface area contributed by atoms with E-state index in [1.54, 1.807) is 30.3 Å². The maximum atomic E-state index is 13.1. The Morgan fingerprint density at radius 2 is 1.42 bits per heavy atom. The second-order valence-electron chi connectivity index (χ2n) is 11.0. The van der Waals surface area contributed by atoms with E-state index in [4.69, 9.17) is 25.7 Å². The summed E-state index contributed by atoms with van der Waals surface area (Å²) in [4.78, 5) is 36.6. The Morgan fingerprint density at radius 1 is 0.822 bits per heavy atom. The third kappa shape index (κ3) is 11.7. The van der Waals surface area contributed by atoms with Crippen molar-refractivity contribution in [2.75, 3.05) is 24.7 Å².